The highest BCUT2D eigenvalue weighted by atomic mass is 79.9. The van der Waals surface area contributed by atoms with Crippen LogP contribution in [0.5, 0.6) is 0 Å². The van der Waals surface area contributed by atoms with E-state index in [1.54, 1.807) is 12.4 Å². The fraction of sp³-hybridized carbons (Fsp3) is 0.500. The number of carbonyl (C=O) groups excluding carboxylic acids is 2. The lowest BCUT2D eigenvalue weighted by Gasteiger charge is -2.33. The van der Waals surface area contributed by atoms with E-state index in [2.05, 4.69) is 110 Å². The summed E-state index contributed by atoms with van der Waals surface area (Å²) < 4.78 is 64.8. The molecule has 4 fully saturated rings. The molecule has 0 unspecified atom stereocenters. The van der Waals surface area contributed by atoms with E-state index in [-0.39, 0.29) is 35.5 Å². The van der Waals surface area contributed by atoms with Crippen molar-refractivity contribution in [3.8, 4) is 12.1 Å². The number of carbonyl (C=O) groups is 4. The van der Waals surface area contributed by atoms with E-state index in [0.717, 1.165) is 104 Å². The normalized spacial score (nSPS) is 19.7. The van der Waals surface area contributed by atoms with Crippen LogP contribution in [0.1, 0.15) is 95.9 Å². The summed E-state index contributed by atoms with van der Waals surface area (Å²) in [6, 6.07) is 19.8. The van der Waals surface area contributed by atoms with Gasteiger partial charge in [0.05, 0.1) is 21.0 Å². The average Bonchev–Trinajstić information content (AvgIpc) is 4.08. The quantitative estimate of drug-likeness (QED) is 0.0784. The molecule has 0 spiro atoms. The topological polar surface area (TPSA) is 251 Å². The number of nitrogens with one attached hydrogen (secondary N) is 2. The molecule has 0 radical (unpaired) electrons. The molecule has 2 saturated heterocycles. The van der Waals surface area contributed by atoms with Gasteiger partial charge in [-0.3, -0.25) is 40.3 Å². The van der Waals surface area contributed by atoms with Crippen LogP contribution in [-0.2, 0) is 22.7 Å². The van der Waals surface area contributed by atoms with Crippen molar-refractivity contribution in [3.63, 3.8) is 0 Å². The van der Waals surface area contributed by atoms with Crippen LogP contribution in [0.4, 0.5) is 38.0 Å². The highest BCUT2D eigenvalue weighted by molar-refractivity contribution is 9.11. The van der Waals surface area contributed by atoms with Gasteiger partial charge in [0.15, 0.2) is 11.6 Å². The molecule has 4 N–H and O–H groups in total. The molecular weight excluding hydrogens is 1190 g/mol. The van der Waals surface area contributed by atoms with Gasteiger partial charge in [0.25, 0.3) is 11.8 Å². The van der Waals surface area contributed by atoms with Crippen molar-refractivity contribution in [1.29, 1.82) is 10.5 Å². The monoisotopic (exact) mass is 1250 g/mol. The first-order valence-corrected chi connectivity index (χ1v) is 27.0. The number of alkyl halides is 6. The fourth-order valence-electron chi connectivity index (χ4n) is 9.17. The lowest BCUT2D eigenvalue weighted by molar-refractivity contribution is -0.193. The summed E-state index contributed by atoms with van der Waals surface area (Å²) in [5.41, 5.74) is 9.74. The SMILES string of the molecule is C[C@@H]1CCC[C@@H]1N(NC(=O)c1ccc(CN2CCN(C)CC2)cc1)c1nc(C#N)ncc1Br.C[C@H]1CCC[C@H]1N(NC(=O)c1ccc(CN2CCN(C)CC2)cc1)c1nc(C#N)ncc1Br.O=C(O)C(F)(F)F.O=C(O)C(F)(F)F. The maximum Gasteiger partial charge on any atom is 0.490 e. The number of benzene rings is 2. The number of carboxylic acids is 2. The Morgan fingerprint density at radius 2 is 0.912 bits per heavy atom. The van der Waals surface area contributed by atoms with E-state index in [0.29, 0.717) is 43.5 Å². The Morgan fingerprint density at radius 3 is 1.18 bits per heavy atom. The van der Waals surface area contributed by atoms with E-state index < -0.39 is 24.3 Å². The molecular formula is C52H62Br2F6N14O6. The van der Waals surface area contributed by atoms with Gasteiger partial charge in [-0.25, -0.2) is 19.6 Å². The predicted molar refractivity (Wildman–Crippen MR) is 288 cm³/mol. The zero-order valence-electron chi connectivity index (χ0n) is 44.3. The Labute approximate surface area is 476 Å². The summed E-state index contributed by atoms with van der Waals surface area (Å²) >= 11 is 7.00. The van der Waals surface area contributed by atoms with Crippen molar-refractivity contribution in [2.24, 2.45) is 11.8 Å². The first-order valence-electron chi connectivity index (χ1n) is 25.4. The second kappa shape index (κ2) is 29.8. The van der Waals surface area contributed by atoms with Gasteiger partial charge in [0.2, 0.25) is 11.6 Å². The van der Waals surface area contributed by atoms with Gasteiger partial charge in [0, 0.05) is 89.0 Å². The molecule has 432 valence electrons. The Balaban J connectivity index is 0.000000237. The number of hydrazine groups is 2. The number of nitriles is 2. The number of carboxylic acid groups (broad SMARTS) is 2. The molecule has 2 aromatic carbocycles. The van der Waals surface area contributed by atoms with Gasteiger partial charge in [-0.1, -0.05) is 51.0 Å². The third-order valence-corrected chi connectivity index (χ3v) is 14.9. The van der Waals surface area contributed by atoms with Crippen LogP contribution in [0, 0.1) is 34.5 Å². The van der Waals surface area contributed by atoms with E-state index in [4.69, 9.17) is 19.8 Å². The van der Waals surface area contributed by atoms with Crippen LogP contribution >= 0.6 is 31.9 Å². The lowest BCUT2D eigenvalue weighted by atomic mass is 10.1. The smallest absolute Gasteiger partial charge is 0.475 e. The van der Waals surface area contributed by atoms with Crippen LogP contribution in [0.2, 0.25) is 0 Å². The highest BCUT2D eigenvalue weighted by Gasteiger charge is 2.39. The number of aliphatic carboxylic acids is 2. The first kappa shape index (κ1) is 64.3. The standard InChI is InChI=1S/2C24H30BrN7O.2C2HF3O2/c2*1-17-4-3-5-21(17)32(23-20(25)15-27-22(14-26)28-23)29-24(33)19-8-6-18(7-9-19)16-31-12-10-30(2)11-13-31;2*3-2(4,5)1(6)7/h2*6-9,15,17,21H,3-5,10-13,16H2,1-2H3,(H,29,33);2*(H,6,7)/t2*17-,21+;;/m10../s1. The van der Waals surface area contributed by atoms with Gasteiger partial charge < -0.3 is 20.0 Å². The van der Waals surface area contributed by atoms with Crippen LogP contribution in [0.25, 0.3) is 0 Å². The van der Waals surface area contributed by atoms with E-state index in [1.807, 2.05) is 70.7 Å². The molecule has 0 bridgehead atoms. The lowest BCUT2D eigenvalue weighted by Crippen LogP contribution is -2.50. The summed E-state index contributed by atoms with van der Waals surface area (Å²) in [7, 11) is 4.31. The zero-order chi connectivity index (χ0) is 58.9. The van der Waals surface area contributed by atoms with Crippen LogP contribution in [-0.4, -0.2) is 164 Å². The number of rotatable bonds is 12. The molecule has 2 aliphatic carbocycles. The first-order chi connectivity index (χ1) is 37.8. The third kappa shape index (κ3) is 19.3. The van der Waals surface area contributed by atoms with Crippen molar-refractivity contribution in [2.45, 2.75) is 89.9 Å². The minimum Gasteiger partial charge on any atom is -0.475 e. The van der Waals surface area contributed by atoms with Crippen molar-refractivity contribution < 1.29 is 55.7 Å². The number of likely N-dealkylation sites (N-methyl/N-ethyl adjacent to an activating group) is 2. The van der Waals surface area contributed by atoms with Crippen LogP contribution in [0.15, 0.2) is 69.9 Å². The third-order valence-electron chi connectivity index (χ3n) is 13.8. The Bertz CT molecular complexity index is 2620. The molecule has 4 aromatic rings. The number of amides is 2. The molecule has 4 aliphatic rings. The summed E-state index contributed by atoms with van der Waals surface area (Å²) in [5, 5.41) is 36.4. The highest BCUT2D eigenvalue weighted by Crippen LogP contribution is 2.35. The largest absolute Gasteiger partial charge is 0.490 e. The van der Waals surface area contributed by atoms with E-state index in [1.165, 1.54) is 11.1 Å². The molecule has 2 aliphatic heterocycles. The molecule has 28 heteroatoms. The van der Waals surface area contributed by atoms with Gasteiger partial charge in [-0.05, 0) is 119 Å². The maximum absolute atomic E-state index is 13.2. The second-order valence-electron chi connectivity index (χ2n) is 19.7. The molecule has 2 saturated carbocycles. The van der Waals surface area contributed by atoms with Crippen molar-refractivity contribution >= 4 is 67.2 Å². The van der Waals surface area contributed by atoms with Crippen molar-refractivity contribution in [3.05, 3.63) is 104 Å². The summed E-state index contributed by atoms with van der Waals surface area (Å²) in [6.45, 7) is 14.7. The van der Waals surface area contributed by atoms with Crippen LogP contribution in [0.3, 0.4) is 0 Å². The minimum atomic E-state index is -5.08. The Hall–Kier alpha value is -6.56. The minimum absolute atomic E-state index is 0.0753. The number of aromatic nitrogens is 4. The van der Waals surface area contributed by atoms with Crippen LogP contribution < -0.4 is 20.9 Å². The van der Waals surface area contributed by atoms with E-state index >= 15 is 0 Å². The predicted octanol–water partition coefficient (Wildman–Crippen LogP) is 7.66. The number of piperazine rings is 2. The molecule has 2 aromatic heterocycles. The fourth-order valence-corrected chi connectivity index (χ4v) is 9.93. The number of hydrogen-bond acceptors (Lipinski definition) is 16. The van der Waals surface area contributed by atoms with Crippen molar-refractivity contribution in [2.75, 3.05) is 76.5 Å². The molecule has 2 amide bonds. The Kier molecular flexibility index (Phi) is 23.9. The number of anilines is 2. The summed E-state index contributed by atoms with van der Waals surface area (Å²) in [6.07, 6.45) is -0.787. The molecule has 80 heavy (non-hydrogen) atoms. The Morgan fingerprint density at radius 1 is 0.600 bits per heavy atom. The van der Waals surface area contributed by atoms with E-state index in [9.17, 15) is 46.5 Å². The molecule has 8 rings (SSSR count). The van der Waals surface area contributed by atoms with Crippen molar-refractivity contribution in [1.82, 2.24) is 50.4 Å². The van der Waals surface area contributed by atoms with Gasteiger partial charge in [0.1, 0.15) is 12.1 Å². The van der Waals surface area contributed by atoms with Gasteiger partial charge in [-0.15, -0.1) is 0 Å². The summed E-state index contributed by atoms with van der Waals surface area (Å²) in [5.74, 6) is -3.93. The van der Waals surface area contributed by atoms with Gasteiger partial charge in [-0.2, -0.15) is 46.8 Å². The molecule has 4 heterocycles. The zero-order valence-corrected chi connectivity index (χ0v) is 47.5. The maximum atomic E-state index is 13.2. The number of halogens is 8. The second-order valence-corrected chi connectivity index (χ2v) is 21.4. The number of hydrogen-bond donors (Lipinski definition) is 4. The van der Waals surface area contributed by atoms with Gasteiger partial charge >= 0.3 is 24.3 Å². The molecule has 4 atom stereocenters. The number of nitrogens with zero attached hydrogens (tertiary/aromatic N) is 12. The average molecular weight is 1250 g/mol. The molecule has 20 nitrogen and oxygen atoms in total. The summed E-state index contributed by atoms with van der Waals surface area (Å²) in [4.78, 5) is 70.6.